The van der Waals surface area contributed by atoms with Crippen LogP contribution in [0.25, 0.3) is 0 Å². The Morgan fingerprint density at radius 3 is 2.50 bits per heavy atom. The van der Waals surface area contributed by atoms with E-state index < -0.39 is 27.8 Å². The van der Waals surface area contributed by atoms with Gasteiger partial charge in [-0.25, -0.2) is 13.2 Å². The Balaban J connectivity index is 2.86. The summed E-state index contributed by atoms with van der Waals surface area (Å²) < 4.78 is 27.9. The molecule has 1 aromatic rings. The maximum atomic E-state index is 12.2. The molecule has 0 fully saturated rings. The van der Waals surface area contributed by atoms with E-state index in [4.69, 9.17) is 0 Å². The third kappa shape index (κ3) is 5.76. The maximum absolute atomic E-state index is 12.2. The van der Waals surface area contributed by atoms with E-state index in [1.807, 2.05) is 6.92 Å². The van der Waals surface area contributed by atoms with Crippen molar-refractivity contribution in [3.05, 3.63) is 33.8 Å². The van der Waals surface area contributed by atoms with Crippen LogP contribution in [0.15, 0.2) is 22.7 Å². The summed E-state index contributed by atoms with van der Waals surface area (Å²) in [6.45, 7) is 1.84. The molecular formula is C14H18BrNO5S. The van der Waals surface area contributed by atoms with Gasteiger partial charge in [0.2, 0.25) is 0 Å². The van der Waals surface area contributed by atoms with E-state index in [0.29, 0.717) is 5.56 Å². The fourth-order valence-electron chi connectivity index (χ4n) is 1.75. The topological polar surface area (TPSA) is 89.5 Å². The number of rotatable bonds is 6. The van der Waals surface area contributed by atoms with Crippen LogP contribution in [0.3, 0.4) is 0 Å². The molecule has 0 heterocycles. The zero-order chi connectivity index (χ0) is 16.9. The molecule has 1 aromatic carbocycles. The molecule has 0 spiro atoms. The normalized spacial score (nSPS) is 12.5. The Morgan fingerprint density at radius 2 is 2.00 bits per heavy atom. The third-order valence-electron chi connectivity index (χ3n) is 2.99. The number of methoxy groups -OCH3 is 1. The lowest BCUT2D eigenvalue weighted by Gasteiger charge is -2.16. The van der Waals surface area contributed by atoms with Crippen LogP contribution in [0.5, 0.6) is 0 Å². The molecule has 0 bridgehead atoms. The Bertz CT molecular complexity index is 672. The molecule has 122 valence electrons. The first-order valence-electron chi connectivity index (χ1n) is 6.46. The fourth-order valence-corrected chi connectivity index (χ4v) is 2.66. The van der Waals surface area contributed by atoms with Crippen molar-refractivity contribution in [3.8, 4) is 0 Å². The highest BCUT2D eigenvalue weighted by atomic mass is 79.9. The molecule has 1 atom stereocenters. The Labute approximate surface area is 138 Å². The van der Waals surface area contributed by atoms with Crippen LogP contribution in [0.4, 0.5) is 0 Å². The first-order chi connectivity index (χ1) is 10.1. The predicted octanol–water partition coefficient (Wildman–Crippen LogP) is 1.46. The Kier molecular flexibility index (Phi) is 6.55. The number of halogens is 1. The summed E-state index contributed by atoms with van der Waals surface area (Å²) in [5.41, 5.74) is 1.26. The lowest BCUT2D eigenvalue weighted by molar-refractivity contribution is -0.142. The van der Waals surface area contributed by atoms with Gasteiger partial charge in [0.15, 0.2) is 0 Å². The first-order valence-corrected chi connectivity index (χ1v) is 9.32. The van der Waals surface area contributed by atoms with Gasteiger partial charge in [0.05, 0.1) is 12.9 Å². The van der Waals surface area contributed by atoms with Crippen molar-refractivity contribution < 1.29 is 22.7 Å². The van der Waals surface area contributed by atoms with E-state index in [-0.39, 0.29) is 12.2 Å². The number of amides is 1. The summed E-state index contributed by atoms with van der Waals surface area (Å²) in [5.74, 6) is -1.35. The molecule has 0 aliphatic carbocycles. The number of benzene rings is 1. The SMILES string of the molecule is COC(=O)C(CCS(C)(=O)=O)NC(=O)c1ccc(Br)c(C)c1. The van der Waals surface area contributed by atoms with Crippen molar-refractivity contribution in [1.29, 1.82) is 0 Å². The molecule has 6 nitrogen and oxygen atoms in total. The van der Waals surface area contributed by atoms with Crippen LogP contribution in [0.1, 0.15) is 22.3 Å². The summed E-state index contributed by atoms with van der Waals surface area (Å²) in [6.07, 6.45) is 1.04. The zero-order valence-electron chi connectivity index (χ0n) is 12.6. The molecule has 0 saturated heterocycles. The van der Waals surface area contributed by atoms with Gasteiger partial charge in [-0.2, -0.15) is 0 Å². The van der Waals surface area contributed by atoms with E-state index in [2.05, 4.69) is 26.0 Å². The van der Waals surface area contributed by atoms with Crippen LogP contribution in [0.2, 0.25) is 0 Å². The Morgan fingerprint density at radius 1 is 1.36 bits per heavy atom. The van der Waals surface area contributed by atoms with Gasteiger partial charge in [-0.05, 0) is 37.1 Å². The summed E-state index contributed by atoms with van der Waals surface area (Å²) in [6, 6.07) is 4.01. The molecule has 1 N–H and O–H groups in total. The quantitative estimate of drug-likeness (QED) is 0.741. The molecule has 22 heavy (non-hydrogen) atoms. The number of ether oxygens (including phenoxy) is 1. The third-order valence-corrected chi connectivity index (χ3v) is 4.86. The van der Waals surface area contributed by atoms with E-state index in [1.54, 1.807) is 18.2 Å². The largest absolute Gasteiger partial charge is 0.467 e. The van der Waals surface area contributed by atoms with Crippen LogP contribution in [-0.2, 0) is 19.4 Å². The molecule has 1 rings (SSSR count). The first kappa shape index (κ1) is 18.6. The van der Waals surface area contributed by atoms with Gasteiger partial charge in [0.25, 0.3) is 5.91 Å². The minimum absolute atomic E-state index is 0.0350. The van der Waals surface area contributed by atoms with Crippen LogP contribution in [0, 0.1) is 6.92 Å². The van der Waals surface area contributed by atoms with E-state index in [9.17, 15) is 18.0 Å². The highest BCUT2D eigenvalue weighted by molar-refractivity contribution is 9.10. The van der Waals surface area contributed by atoms with Crippen molar-refractivity contribution in [3.63, 3.8) is 0 Å². The van der Waals surface area contributed by atoms with Crippen LogP contribution < -0.4 is 5.32 Å². The number of nitrogens with one attached hydrogen (secondary N) is 1. The molecule has 0 aromatic heterocycles. The maximum Gasteiger partial charge on any atom is 0.328 e. The number of hydrogen-bond acceptors (Lipinski definition) is 5. The fraction of sp³-hybridized carbons (Fsp3) is 0.429. The minimum Gasteiger partial charge on any atom is -0.467 e. The summed E-state index contributed by atoms with van der Waals surface area (Å²) in [5, 5.41) is 2.51. The Hall–Kier alpha value is -1.41. The number of hydrogen-bond donors (Lipinski definition) is 1. The summed E-state index contributed by atoms with van der Waals surface area (Å²) >= 11 is 3.34. The lowest BCUT2D eigenvalue weighted by Crippen LogP contribution is -2.42. The van der Waals surface area contributed by atoms with E-state index in [0.717, 1.165) is 16.3 Å². The molecule has 0 radical (unpaired) electrons. The smallest absolute Gasteiger partial charge is 0.328 e. The van der Waals surface area contributed by atoms with Gasteiger partial charge in [-0.3, -0.25) is 4.79 Å². The van der Waals surface area contributed by atoms with Gasteiger partial charge in [0, 0.05) is 16.3 Å². The van der Waals surface area contributed by atoms with Gasteiger partial charge < -0.3 is 10.1 Å². The van der Waals surface area contributed by atoms with Gasteiger partial charge in [-0.15, -0.1) is 0 Å². The standard InChI is InChI=1S/C14H18BrNO5S/c1-9-8-10(4-5-11(9)15)13(17)16-12(14(18)21-2)6-7-22(3,19)20/h4-5,8,12H,6-7H2,1-3H3,(H,16,17). The second kappa shape index (κ2) is 7.73. The van der Waals surface area contributed by atoms with Crippen molar-refractivity contribution in [1.82, 2.24) is 5.32 Å². The lowest BCUT2D eigenvalue weighted by atomic mass is 10.1. The molecular weight excluding hydrogens is 374 g/mol. The predicted molar refractivity (Wildman–Crippen MR) is 86.5 cm³/mol. The van der Waals surface area contributed by atoms with E-state index >= 15 is 0 Å². The van der Waals surface area contributed by atoms with Gasteiger partial charge in [0.1, 0.15) is 15.9 Å². The molecule has 1 amide bonds. The number of carbonyl (C=O) groups is 2. The van der Waals surface area contributed by atoms with E-state index in [1.165, 1.54) is 7.11 Å². The second-order valence-electron chi connectivity index (χ2n) is 4.93. The molecule has 0 aliphatic rings. The van der Waals surface area contributed by atoms with Crippen LogP contribution in [-0.4, -0.2) is 45.5 Å². The summed E-state index contributed by atoms with van der Waals surface area (Å²) in [7, 11) is -2.05. The number of sulfone groups is 1. The van der Waals surface area contributed by atoms with Crippen molar-refractivity contribution >= 4 is 37.6 Å². The van der Waals surface area contributed by atoms with Crippen molar-refractivity contribution in [2.75, 3.05) is 19.1 Å². The monoisotopic (exact) mass is 391 g/mol. The van der Waals surface area contributed by atoms with Crippen molar-refractivity contribution in [2.45, 2.75) is 19.4 Å². The zero-order valence-corrected chi connectivity index (χ0v) is 15.0. The average Bonchev–Trinajstić information content (AvgIpc) is 2.44. The number of carbonyl (C=O) groups excluding carboxylic acids is 2. The molecule has 8 heteroatoms. The van der Waals surface area contributed by atoms with Crippen molar-refractivity contribution in [2.24, 2.45) is 0 Å². The van der Waals surface area contributed by atoms with Crippen LogP contribution >= 0.6 is 15.9 Å². The molecule has 0 saturated carbocycles. The highest BCUT2D eigenvalue weighted by Gasteiger charge is 2.23. The highest BCUT2D eigenvalue weighted by Crippen LogP contribution is 2.17. The van der Waals surface area contributed by atoms with Gasteiger partial charge in [-0.1, -0.05) is 15.9 Å². The summed E-state index contributed by atoms with van der Waals surface area (Å²) in [4.78, 5) is 23.9. The minimum atomic E-state index is -3.24. The number of aryl methyl sites for hydroxylation is 1. The van der Waals surface area contributed by atoms with Gasteiger partial charge >= 0.3 is 5.97 Å². The average molecular weight is 392 g/mol. The molecule has 0 aliphatic heterocycles. The molecule has 1 unspecified atom stereocenters. The number of esters is 1. The second-order valence-corrected chi connectivity index (χ2v) is 8.05.